The number of aromatic nitrogens is 2. The van der Waals surface area contributed by atoms with Crippen molar-refractivity contribution < 1.29 is 23.6 Å². The fraction of sp³-hybridized carbons (Fsp3) is 0.304. The summed E-state index contributed by atoms with van der Waals surface area (Å²) in [6.07, 6.45) is 0.992. The van der Waals surface area contributed by atoms with E-state index in [1.807, 2.05) is 31.2 Å². The van der Waals surface area contributed by atoms with Gasteiger partial charge in [0.05, 0.1) is 13.0 Å². The molecule has 1 heterocycles. The zero-order chi connectivity index (χ0) is 21.3. The van der Waals surface area contributed by atoms with Crippen molar-refractivity contribution in [3.8, 4) is 17.1 Å². The van der Waals surface area contributed by atoms with Crippen molar-refractivity contribution in [1.29, 1.82) is 0 Å². The number of carbonyl (C=O) groups is 2. The summed E-state index contributed by atoms with van der Waals surface area (Å²) in [5.74, 6) is 0.714. The molecule has 0 amide bonds. The molecule has 0 radical (unpaired) electrons. The highest BCUT2D eigenvalue weighted by atomic mass is 16.6. The third kappa shape index (κ3) is 5.76. The molecule has 0 spiro atoms. The van der Waals surface area contributed by atoms with E-state index in [-0.39, 0.29) is 31.1 Å². The van der Waals surface area contributed by atoms with Crippen LogP contribution in [0.5, 0.6) is 5.75 Å². The third-order valence-electron chi connectivity index (χ3n) is 4.49. The van der Waals surface area contributed by atoms with Gasteiger partial charge in [-0.2, -0.15) is 4.98 Å². The Morgan fingerprint density at radius 2 is 1.70 bits per heavy atom. The van der Waals surface area contributed by atoms with E-state index in [1.165, 1.54) is 5.56 Å². The Bertz CT molecular complexity index is 978. The lowest BCUT2D eigenvalue weighted by atomic mass is 10.1. The highest BCUT2D eigenvalue weighted by Gasteiger charge is 2.13. The molecule has 0 bridgehead atoms. The average molecular weight is 408 g/mol. The average Bonchev–Trinajstić information content (AvgIpc) is 3.26. The van der Waals surface area contributed by atoms with Crippen molar-refractivity contribution in [2.75, 3.05) is 6.61 Å². The van der Waals surface area contributed by atoms with Crippen LogP contribution in [0.2, 0.25) is 0 Å². The lowest BCUT2D eigenvalue weighted by molar-refractivity contribution is -0.145. The highest BCUT2D eigenvalue weighted by molar-refractivity contribution is 5.97. The quantitative estimate of drug-likeness (QED) is 0.362. The number of aryl methyl sites for hydroxylation is 1. The number of carbonyl (C=O) groups excluding carboxylic acids is 2. The Hall–Kier alpha value is -3.48. The molecule has 0 aliphatic rings. The Morgan fingerprint density at radius 3 is 2.37 bits per heavy atom. The fourth-order valence-electron chi connectivity index (χ4n) is 2.80. The molecule has 7 heteroatoms. The van der Waals surface area contributed by atoms with Crippen molar-refractivity contribution in [2.24, 2.45) is 0 Å². The predicted molar refractivity (Wildman–Crippen MR) is 110 cm³/mol. The van der Waals surface area contributed by atoms with Crippen molar-refractivity contribution in [3.63, 3.8) is 0 Å². The van der Waals surface area contributed by atoms with Crippen molar-refractivity contribution in [1.82, 2.24) is 10.1 Å². The van der Waals surface area contributed by atoms with Crippen LogP contribution in [0.1, 0.15) is 48.5 Å². The van der Waals surface area contributed by atoms with Gasteiger partial charge in [-0.25, -0.2) is 0 Å². The summed E-state index contributed by atoms with van der Waals surface area (Å²) in [5, 5.41) is 3.91. The van der Waals surface area contributed by atoms with Crippen LogP contribution in [0.25, 0.3) is 11.4 Å². The van der Waals surface area contributed by atoms with E-state index in [0.717, 1.165) is 12.0 Å². The highest BCUT2D eigenvalue weighted by Crippen LogP contribution is 2.18. The van der Waals surface area contributed by atoms with E-state index in [2.05, 4.69) is 17.1 Å². The molecule has 0 N–H and O–H groups in total. The largest absolute Gasteiger partial charge is 0.494 e. The number of Topliss-reactive ketones (excluding diaryl/α,β-unsaturated/α-hetero) is 1. The molecule has 3 aromatic rings. The number of rotatable bonds is 10. The van der Waals surface area contributed by atoms with Crippen LogP contribution in [0.3, 0.4) is 0 Å². The van der Waals surface area contributed by atoms with Gasteiger partial charge in [0.1, 0.15) is 5.75 Å². The van der Waals surface area contributed by atoms with Gasteiger partial charge >= 0.3 is 5.97 Å². The molecule has 0 atom stereocenters. The van der Waals surface area contributed by atoms with Gasteiger partial charge in [-0.1, -0.05) is 36.3 Å². The van der Waals surface area contributed by atoms with Gasteiger partial charge in [0.15, 0.2) is 12.4 Å². The summed E-state index contributed by atoms with van der Waals surface area (Å²) >= 11 is 0. The fourth-order valence-corrected chi connectivity index (χ4v) is 2.80. The number of hydrogen-bond acceptors (Lipinski definition) is 7. The molecule has 30 heavy (non-hydrogen) atoms. The molecular weight excluding hydrogens is 384 g/mol. The first-order valence-corrected chi connectivity index (χ1v) is 9.92. The molecule has 3 rings (SSSR count). The molecule has 0 aliphatic carbocycles. The number of hydrogen-bond donors (Lipinski definition) is 0. The van der Waals surface area contributed by atoms with E-state index in [1.54, 1.807) is 24.3 Å². The van der Waals surface area contributed by atoms with E-state index < -0.39 is 5.97 Å². The molecule has 0 unspecified atom stereocenters. The number of esters is 1. The van der Waals surface area contributed by atoms with Crippen LogP contribution >= 0.6 is 0 Å². The number of ketones is 1. The summed E-state index contributed by atoms with van der Waals surface area (Å²) in [6, 6.07) is 14.7. The van der Waals surface area contributed by atoms with Gasteiger partial charge in [-0.05, 0) is 43.2 Å². The lowest BCUT2D eigenvalue weighted by Gasteiger charge is -2.05. The zero-order valence-corrected chi connectivity index (χ0v) is 17.1. The standard InChI is InChI=1S/C23H24N2O5/c1-3-16-5-7-18(8-6-16)23-24-21(30-25-23)15-29-22(27)14-13-20(26)17-9-11-19(12-10-17)28-4-2/h5-12H,3-4,13-15H2,1-2H3. The number of nitrogens with zero attached hydrogens (tertiary/aromatic N) is 2. The summed E-state index contributed by atoms with van der Waals surface area (Å²) in [4.78, 5) is 28.4. The Labute approximate surface area is 175 Å². The summed E-state index contributed by atoms with van der Waals surface area (Å²) in [5.41, 5.74) is 2.58. The summed E-state index contributed by atoms with van der Waals surface area (Å²) in [7, 11) is 0. The first kappa shape index (κ1) is 21.2. The topological polar surface area (TPSA) is 91.5 Å². The van der Waals surface area contributed by atoms with Gasteiger partial charge in [0.2, 0.25) is 5.82 Å². The summed E-state index contributed by atoms with van der Waals surface area (Å²) in [6.45, 7) is 4.41. The molecule has 156 valence electrons. The van der Waals surface area contributed by atoms with Crippen molar-refractivity contribution in [3.05, 3.63) is 65.5 Å². The second kappa shape index (κ2) is 10.3. The molecule has 0 saturated heterocycles. The maximum atomic E-state index is 12.2. The van der Waals surface area contributed by atoms with Gasteiger partial charge < -0.3 is 14.0 Å². The van der Waals surface area contributed by atoms with E-state index in [4.69, 9.17) is 14.0 Å². The van der Waals surface area contributed by atoms with Gasteiger partial charge in [-0.15, -0.1) is 0 Å². The molecule has 2 aromatic carbocycles. The van der Waals surface area contributed by atoms with Gasteiger partial charge in [0.25, 0.3) is 5.89 Å². The van der Waals surface area contributed by atoms with Crippen LogP contribution < -0.4 is 4.74 Å². The normalized spacial score (nSPS) is 10.6. The van der Waals surface area contributed by atoms with Crippen LogP contribution in [0.4, 0.5) is 0 Å². The second-order valence-electron chi connectivity index (χ2n) is 6.60. The maximum absolute atomic E-state index is 12.2. The van der Waals surface area contributed by atoms with Gasteiger partial charge in [0, 0.05) is 17.5 Å². The van der Waals surface area contributed by atoms with Crippen LogP contribution in [-0.2, 0) is 22.6 Å². The second-order valence-corrected chi connectivity index (χ2v) is 6.60. The van der Waals surface area contributed by atoms with Crippen LogP contribution in [0, 0.1) is 0 Å². The molecule has 0 saturated carbocycles. The Morgan fingerprint density at radius 1 is 0.967 bits per heavy atom. The molecular formula is C23H24N2O5. The van der Waals surface area contributed by atoms with Gasteiger partial charge in [-0.3, -0.25) is 9.59 Å². The smallest absolute Gasteiger partial charge is 0.306 e. The third-order valence-corrected chi connectivity index (χ3v) is 4.49. The molecule has 1 aromatic heterocycles. The van der Waals surface area contributed by atoms with E-state index in [0.29, 0.717) is 23.7 Å². The predicted octanol–water partition coefficient (Wildman–Crippen LogP) is 4.40. The minimum atomic E-state index is -0.499. The first-order chi connectivity index (χ1) is 14.6. The SMILES string of the molecule is CCOc1ccc(C(=O)CCC(=O)OCc2nc(-c3ccc(CC)cc3)no2)cc1. The van der Waals surface area contributed by atoms with Crippen LogP contribution in [-0.4, -0.2) is 28.5 Å². The van der Waals surface area contributed by atoms with E-state index >= 15 is 0 Å². The lowest BCUT2D eigenvalue weighted by Crippen LogP contribution is -2.08. The van der Waals surface area contributed by atoms with Crippen molar-refractivity contribution >= 4 is 11.8 Å². The Balaban J connectivity index is 1.45. The van der Waals surface area contributed by atoms with Crippen LogP contribution in [0.15, 0.2) is 53.1 Å². The molecule has 0 fully saturated rings. The molecule has 7 nitrogen and oxygen atoms in total. The first-order valence-electron chi connectivity index (χ1n) is 9.92. The number of benzene rings is 2. The van der Waals surface area contributed by atoms with E-state index in [9.17, 15) is 9.59 Å². The Kier molecular flexibility index (Phi) is 7.32. The monoisotopic (exact) mass is 408 g/mol. The summed E-state index contributed by atoms with van der Waals surface area (Å²) < 4.78 is 15.6. The van der Waals surface area contributed by atoms with Crippen molar-refractivity contribution in [2.45, 2.75) is 39.7 Å². The minimum Gasteiger partial charge on any atom is -0.494 e. The maximum Gasteiger partial charge on any atom is 0.306 e. The number of ether oxygens (including phenoxy) is 2. The minimum absolute atomic E-state index is 0.0223. The molecule has 0 aliphatic heterocycles. The zero-order valence-electron chi connectivity index (χ0n) is 17.1.